The molecule has 0 atom stereocenters. The van der Waals surface area contributed by atoms with Gasteiger partial charge in [-0.15, -0.1) is 11.3 Å². The maximum Gasteiger partial charge on any atom is 0.255 e. The van der Waals surface area contributed by atoms with Gasteiger partial charge < -0.3 is 4.90 Å². The predicted octanol–water partition coefficient (Wildman–Crippen LogP) is 4.78. The van der Waals surface area contributed by atoms with Crippen LogP contribution in [0.2, 0.25) is 0 Å². The number of carbonyl (C=O) groups excluding carboxylic acids is 1. The summed E-state index contributed by atoms with van der Waals surface area (Å²) < 4.78 is 1.87. The molecule has 0 spiro atoms. The van der Waals surface area contributed by atoms with Crippen molar-refractivity contribution in [3.05, 3.63) is 47.5 Å². The van der Waals surface area contributed by atoms with E-state index in [2.05, 4.69) is 25.5 Å². The fraction of sp³-hybridized carbons (Fsp3) is 0.350. The summed E-state index contributed by atoms with van der Waals surface area (Å²) in [6.45, 7) is 13.2. The molecule has 0 aliphatic carbocycles. The van der Waals surface area contributed by atoms with Crippen molar-refractivity contribution in [2.45, 2.75) is 33.7 Å². The zero-order valence-corrected chi connectivity index (χ0v) is 16.5. The number of carbonyl (C=O) groups is 1. The van der Waals surface area contributed by atoms with Crippen molar-refractivity contribution >= 4 is 28.3 Å². The summed E-state index contributed by atoms with van der Waals surface area (Å²) in [7, 11) is 0. The van der Waals surface area contributed by atoms with Gasteiger partial charge in [0.15, 0.2) is 5.65 Å². The average Bonchev–Trinajstić information content (AvgIpc) is 3.27. The smallest absolute Gasteiger partial charge is 0.255 e. The van der Waals surface area contributed by atoms with E-state index in [4.69, 9.17) is 4.98 Å². The monoisotopic (exact) mass is 368 g/mol. The van der Waals surface area contributed by atoms with Gasteiger partial charge >= 0.3 is 0 Å². The highest BCUT2D eigenvalue weighted by molar-refractivity contribution is 7.13. The summed E-state index contributed by atoms with van der Waals surface area (Å²) in [4.78, 5) is 20.9. The minimum absolute atomic E-state index is 0.0102. The van der Waals surface area contributed by atoms with Gasteiger partial charge in [-0.3, -0.25) is 4.79 Å². The first-order valence-electron chi connectivity index (χ1n) is 8.78. The average molecular weight is 369 g/mol. The Hall–Kier alpha value is -2.47. The van der Waals surface area contributed by atoms with Crippen molar-refractivity contribution in [2.24, 2.45) is 0 Å². The molecule has 3 rings (SSSR count). The highest BCUT2D eigenvalue weighted by Gasteiger charge is 2.22. The number of pyridine rings is 1. The Bertz CT molecular complexity index is 940. The molecule has 0 radical (unpaired) electrons. The van der Waals surface area contributed by atoms with E-state index < -0.39 is 0 Å². The van der Waals surface area contributed by atoms with Gasteiger partial charge in [0.1, 0.15) is 0 Å². The third kappa shape index (κ3) is 3.42. The Kier molecular flexibility index (Phi) is 5.23. The molecular formula is C20H24N4OS. The molecule has 5 nitrogen and oxygen atoms in total. The minimum atomic E-state index is -0.0102. The van der Waals surface area contributed by atoms with E-state index in [0.717, 1.165) is 27.2 Å². The summed E-state index contributed by atoms with van der Waals surface area (Å²) in [5, 5.41) is 7.29. The first kappa shape index (κ1) is 18.3. The lowest BCUT2D eigenvalue weighted by Gasteiger charge is -2.21. The van der Waals surface area contributed by atoms with E-state index in [0.29, 0.717) is 18.7 Å². The van der Waals surface area contributed by atoms with Crippen LogP contribution >= 0.6 is 11.3 Å². The first-order valence-corrected chi connectivity index (χ1v) is 9.66. The van der Waals surface area contributed by atoms with Crippen LogP contribution in [0.25, 0.3) is 21.6 Å². The summed E-state index contributed by atoms with van der Waals surface area (Å²) >= 11 is 1.62. The van der Waals surface area contributed by atoms with E-state index in [1.54, 1.807) is 17.5 Å². The molecule has 0 bridgehead atoms. The van der Waals surface area contributed by atoms with Crippen molar-refractivity contribution in [1.82, 2.24) is 19.7 Å². The number of fused-ring (bicyclic) bond motifs is 1. The molecular weight excluding hydrogens is 344 g/mol. The van der Waals surface area contributed by atoms with Crippen LogP contribution in [0.15, 0.2) is 41.9 Å². The van der Waals surface area contributed by atoms with E-state index in [9.17, 15) is 4.79 Å². The number of hydrogen-bond donors (Lipinski definition) is 0. The predicted molar refractivity (Wildman–Crippen MR) is 108 cm³/mol. The number of rotatable bonds is 6. The molecule has 3 heterocycles. The van der Waals surface area contributed by atoms with Gasteiger partial charge in [0.05, 0.1) is 27.7 Å². The molecule has 0 N–H and O–H groups in total. The van der Waals surface area contributed by atoms with Gasteiger partial charge in [-0.2, -0.15) is 5.10 Å². The number of aromatic nitrogens is 3. The minimum Gasteiger partial charge on any atom is -0.335 e. The summed E-state index contributed by atoms with van der Waals surface area (Å²) in [6, 6.07) is 6.07. The molecule has 26 heavy (non-hydrogen) atoms. The maximum atomic E-state index is 13.2. The van der Waals surface area contributed by atoms with E-state index in [1.807, 2.05) is 47.0 Å². The van der Waals surface area contributed by atoms with Crippen LogP contribution < -0.4 is 0 Å². The summed E-state index contributed by atoms with van der Waals surface area (Å²) in [6.07, 6.45) is 1.75. The van der Waals surface area contributed by atoms with Gasteiger partial charge in [-0.1, -0.05) is 18.2 Å². The van der Waals surface area contributed by atoms with Gasteiger partial charge in [-0.05, 0) is 45.2 Å². The molecule has 0 saturated carbocycles. The van der Waals surface area contributed by atoms with E-state index >= 15 is 0 Å². The Balaban J connectivity index is 2.19. The quantitative estimate of drug-likeness (QED) is 0.588. The SMILES string of the molecule is C=C(C)CN(CC)C(=O)c1cc(-c2cccs2)nc2c1cnn2C(C)C. The lowest BCUT2D eigenvalue weighted by molar-refractivity contribution is 0.0780. The first-order chi connectivity index (χ1) is 12.4. The van der Waals surface area contributed by atoms with Crippen LogP contribution in [0, 0.1) is 0 Å². The molecule has 3 aromatic rings. The second kappa shape index (κ2) is 7.41. The van der Waals surface area contributed by atoms with Crippen LogP contribution in [0.3, 0.4) is 0 Å². The Morgan fingerprint density at radius 3 is 2.77 bits per heavy atom. The summed E-state index contributed by atoms with van der Waals surface area (Å²) in [5.41, 5.74) is 3.17. The third-order valence-corrected chi connectivity index (χ3v) is 5.08. The van der Waals surface area contributed by atoms with Crippen LogP contribution in [-0.4, -0.2) is 38.7 Å². The Labute approximate surface area is 158 Å². The lowest BCUT2D eigenvalue weighted by Crippen LogP contribution is -2.32. The van der Waals surface area contributed by atoms with Crippen LogP contribution in [0.5, 0.6) is 0 Å². The molecule has 6 heteroatoms. The van der Waals surface area contributed by atoms with Crippen molar-refractivity contribution in [1.29, 1.82) is 0 Å². The molecule has 0 aliphatic rings. The molecule has 1 amide bonds. The van der Waals surface area contributed by atoms with Gasteiger partial charge in [-0.25, -0.2) is 9.67 Å². The second-order valence-corrected chi connectivity index (χ2v) is 7.68. The highest BCUT2D eigenvalue weighted by Crippen LogP contribution is 2.29. The van der Waals surface area contributed by atoms with Crippen LogP contribution in [0.4, 0.5) is 0 Å². The zero-order valence-electron chi connectivity index (χ0n) is 15.7. The molecule has 0 fully saturated rings. The highest BCUT2D eigenvalue weighted by atomic mass is 32.1. The Morgan fingerprint density at radius 2 is 2.19 bits per heavy atom. The standard InChI is InChI=1S/C20H24N4OS/c1-6-23(12-13(2)3)20(25)15-10-17(18-8-7-9-26-18)22-19-16(15)11-21-24(19)14(4)5/h7-11,14H,2,6,12H2,1,3-5H3. The van der Waals surface area contributed by atoms with Crippen molar-refractivity contribution < 1.29 is 4.79 Å². The fourth-order valence-corrected chi connectivity index (χ4v) is 3.63. The zero-order chi connectivity index (χ0) is 18.8. The number of thiophene rings is 1. The van der Waals surface area contributed by atoms with Crippen molar-refractivity contribution in [2.75, 3.05) is 13.1 Å². The third-order valence-electron chi connectivity index (χ3n) is 4.19. The Morgan fingerprint density at radius 1 is 1.42 bits per heavy atom. The molecule has 0 aromatic carbocycles. The normalized spacial score (nSPS) is 11.3. The van der Waals surface area contributed by atoms with Gasteiger partial charge in [0, 0.05) is 19.1 Å². The summed E-state index contributed by atoms with van der Waals surface area (Å²) in [5.74, 6) is -0.0102. The topological polar surface area (TPSA) is 51.0 Å². The molecule has 0 aliphatic heterocycles. The van der Waals surface area contributed by atoms with Crippen molar-refractivity contribution in [3.63, 3.8) is 0 Å². The van der Waals surface area contributed by atoms with E-state index in [-0.39, 0.29) is 11.9 Å². The number of nitrogens with zero attached hydrogens (tertiary/aromatic N) is 4. The van der Waals surface area contributed by atoms with Crippen molar-refractivity contribution in [3.8, 4) is 10.6 Å². The molecule has 0 saturated heterocycles. The van der Waals surface area contributed by atoms with Gasteiger partial charge in [0.25, 0.3) is 5.91 Å². The lowest BCUT2D eigenvalue weighted by atomic mass is 10.1. The number of likely N-dealkylation sites (N-methyl/N-ethyl adjacent to an activating group) is 1. The van der Waals surface area contributed by atoms with Crippen LogP contribution in [-0.2, 0) is 0 Å². The number of amides is 1. The van der Waals surface area contributed by atoms with Crippen LogP contribution in [0.1, 0.15) is 44.1 Å². The largest absolute Gasteiger partial charge is 0.335 e. The number of hydrogen-bond acceptors (Lipinski definition) is 4. The molecule has 3 aromatic heterocycles. The molecule has 0 unspecified atom stereocenters. The molecule has 136 valence electrons. The maximum absolute atomic E-state index is 13.2. The van der Waals surface area contributed by atoms with Gasteiger partial charge in [0.2, 0.25) is 0 Å². The fourth-order valence-electron chi connectivity index (χ4n) is 2.95. The van der Waals surface area contributed by atoms with E-state index in [1.165, 1.54) is 0 Å². The second-order valence-electron chi connectivity index (χ2n) is 6.73.